The second-order valence-corrected chi connectivity index (χ2v) is 35.3. The molecule has 0 aliphatic carbocycles. The van der Waals surface area contributed by atoms with Gasteiger partial charge in [-0.3, -0.25) is 34.6 Å². The Morgan fingerprint density at radius 3 is 1.20 bits per heavy atom. The number of hydrogen-bond donors (Lipinski definition) is 1. The van der Waals surface area contributed by atoms with Crippen molar-refractivity contribution in [2.24, 2.45) is 15.0 Å². The van der Waals surface area contributed by atoms with E-state index in [1.807, 2.05) is 110 Å². The zero-order valence-electron chi connectivity index (χ0n) is 66.6. The Kier molecular flexibility index (Phi) is 27.0. The van der Waals surface area contributed by atoms with Crippen molar-refractivity contribution < 1.29 is 47.4 Å². The summed E-state index contributed by atoms with van der Waals surface area (Å²) in [5, 5.41) is 4.62. The number of nitrogens with one attached hydrogen (secondary N) is 1. The third kappa shape index (κ3) is 20.0. The number of halogens is 1. The van der Waals surface area contributed by atoms with E-state index in [1.165, 1.54) is 27.6 Å². The minimum Gasteiger partial charge on any atom is -0.444 e. The SMILES string of the molecule is CC(C)(C)OC(=O)N1CCC[C@H]1C1=NC=C(Br)C1.CC(C)(C)OC(=O)N1CCC[C@H]1C1=Nc2ccc(-c3ccc4cc(-c5cnc([C@@H]6CCCN6C(=O)OC(C)(C)C)[nH]5)ccc4c3)cc2C1.CC(C)(C)OC(=O)N1CCC[C@H]1C1=Nc2ccc(-c3ccc4cc(B5OC(C)(C)C(C)(C)O5)ccc4c3)cc2C1.S.S.S.S. The number of aromatic nitrogens is 2. The number of carbonyl (C=O) groups excluding carboxylic acids is 4. The molecular weight excluding hydrogens is 1530 g/mol. The van der Waals surface area contributed by atoms with Crippen LogP contribution in [0.1, 0.15) is 192 Å². The maximum absolute atomic E-state index is 12.9. The number of hydrogen-bond acceptors (Lipinski definition) is 14. The molecule has 0 bridgehead atoms. The van der Waals surface area contributed by atoms with Crippen LogP contribution in [0.15, 0.2) is 141 Å². The Bertz CT molecular complexity index is 4690. The Morgan fingerprint density at radius 1 is 0.455 bits per heavy atom. The Hall–Kier alpha value is -7.26. The molecule has 1 aromatic heterocycles. The summed E-state index contributed by atoms with van der Waals surface area (Å²) in [5.41, 5.74) is 12.5. The lowest BCUT2D eigenvalue weighted by molar-refractivity contribution is 0.00578. The number of nitrogens with zero attached hydrogens (tertiary/aromatic N) is 8. The van der Waals surface area contributed by atoms with E-state index in [1.54, 1.807) is 4.90 Å². The number of imidazole rings is 1. The van der Waals surface area contributed by atoms with Gasteiger partial charge in [-0.25, -0.2) is 24.2 Å². The number of likely N-dealkylation sites (tertiary alicyclic amines) is 4. The zero-order valence-corrected chi connectivity index (χ0v) is 72.2. The van der Waals surface area contributed by atoms with Crippen molar-refractivity contribution in [2.75, 3.05) is 26.2 Å². The summed E-state index contributed by atoms with van der Waals surface area (Å²) in [6.07, 6.45) is 12.5. The molecule has 1 N–H and O–H groups in total. The number of rotatable bonds is 8. The molecule has 110 heavy (non-hydrogen) atoms. The maximum atomic E-state index is 12.9. The average Bonchev–Trinajstić information content (AvgIpc) is 1.79. The third-order valence-electron chi connectivity index (χ3n) is 20.9. The zero-order chi connectivity index (χ0) is 75.6. The van der Waals surface area contributed by atoms with Crippen molar-refractivity contribution in [3.05, 3.63) is 143 Å². The van der Waals surface area contributed by atoms with E-state index in [2.05, 4.69) is 168 Å². The van der Waals surface area contributed by atoms with Gasteiger partial charge < -0.3 is 33.2 Å². The number of amides is 4. The molecule has 0 radical (unpaired) electrons. The van der Waals surface area contributed by atoms with Gasteiger partial charge in [0.05, 0.1) is 58.6 Å². The topological polar surface area (TPSA) is 202 Å². The monoisotopic (exact) mass is 1640 g/mol. The van der Waals surface area contributed by atoms with Gasteiger partial charge in [0.2, 0.25) is 0 Å². The number of carbonyl (C=O) groups is 4. The first kappa shape index (κ1) is 86.7. The molecule has 0 saturated carbocycles. The summed E-state index contributed by atoms with van der Waals surface area (Å²) in [4.78, 5) is 80.5. The number of fused-ring (bicyclic) bond motifs is 4. The smallest absolute Gasteiger partial charge is 0.444 e. The van der Waals surface area contributed by atoms with E-state index >= 15 is 0 Å². The highest BCUT2D eigenvalue weighted by atomic mass is 79.9. The van der Waals surface area contributed by atoms with E-state index < -0.39 is 22.4 Å². The predicted octanol–water partition coefficient (Wildman–Crippen LogP) is 19.7. The van der Waals surface area contributed by atoms with Crippen LogP contribution in [0.2, 0.25) is 0 Å². The fourth-order valence-corrected chi connectivity index (χ4v) is 15.6. The van der Waals surface area contributed by atoms with Gasteiger partial charge in [0.15, 0.2) is 0 Å². The van der Waals surface area contributed by atoms with Gasteiger partial charge in [-0.05, 0) is 265 Å². The molecule has 9 heterocycles. The molecule has 5 fully saturated rings. The van der Waals surface area contributed by atoms with Gasteiger partial charge in [0.1, 0.15) is 28.2 Å². The first-order valence-electron chi connectivity index (χ1n) is 37.8. The number of ether oxygens (including phenoxy) is 4. The number of benzene rings is 6. The molecular formula is C85H111BBrN9O10S4. The summed E-state index contributed by atoms with van der Waals surface area (Å²) in [6, 6.07) is 39.0. The van der Waals surface area contributed by atoms with Crippen LogP contribution >= 0.6 is 69.9 Å². The second kappa shape index (κ2) is 34.2. The van der Waals surface area contributed by atoms with Crippen LogP contribution in [-0.4, -0.2) is 156 Å². The Labute approximate surface area is 686 Å². The van der Waals surface area contributed by atoms with E-state index in [-0.39, 0.29) is 121 Å². The van der Waals surface area contributed by atoms with Crippen LogP contribution in [0.4, 0.5) is 30.6 Å². The molecule has 19 nitrogen and oxygen atoms in total. The van der Waals surface area contributed by atoms with Crippen molar-refractivity contribution in [3.63, 3.8) is 0 Å². The second-order valence-electron chi connectivity index (χ2n) is 34.3. The largest absolute Gasteiger partial charge is 0.494 e. The van der Waals surface area contributed by atoms with Gasteiger partial charge in [-0.1, -0.05) is 82.7 Å². The van der Waals surface area contributed by atoms with Crippen LogP contribution in [0.3, 0.4) is 0 Å². The van der Waals surface area contributed by atoms with E-state index in [0.717, 1.165) is 160 Å². The molecule has 8 aliphatic rings. The highest BCUT2D eigenvalue weighted by molar-refractivity contribution is 9.11. The predicted molar refractivity (Wildman–Crippen MR) is 467 cm³/mol. The third-order valence-corrected chi connectivity index (χ3v) is 21.4. The molecule has 0 unspecified atom stereocenters. The highest BCUT2D eigenvalue weighted by Crippen LogP contribution is 2.42. The molecule has 25 heteroatoms. The molecule has 15 rings (SSSR count). The summed E-state index contributed by atoms with van der Waals surface area (Å²) in [5.74, 6) is 0.790. The summed E-state index contributed by atoms with van der Waals surface area (Å²) in [7, 11) is -0.369. The lowest BCUT2D eigenvalue weighted by atomic mass is 9.78. The molecule has 4 amide bonds. The quantitative estimate of drug-likeness (QED) is 0.112. The molecule has 0 spiro atoms. The van der Waals surface area contributed by atoms with E-state index in [9.17, 15) is 19.2 Å². The maximum Gasteiger partial charge on any atom is 0.494 e. The van der Waals surface area contributed by atoms with Crippen LogP contribution in [0.5, 0.6) is 0 Å². The van der Waals surface area contributed by atoms with E-state index in [4.69, 9.17) is 38.2 Å². The summed E-state index contributed by atoms with van der Waals surface area (Å²) < 4.78 is 36.0. The summed E-state index contributed by atoms with van der Waals surface area (Å²) >= 11 is 3.44. The van der Waals surface area contributed by atoms with Gasteiger partial charge in [-0.2, -0.15) is 54.0 Å². The van der Waals surface area contributed by atoms with Crippen molar-refractivity contribution in [3.8, 4) is 33.5 Å². The van der Waals surface area contributed by atoms with Gasteiger partial charge in [0.25, 0.3) is 0 Å². The standard InChI is InChI=1S/C39H45N5O4.C33H39BN2O4.C13H19BrN2O2.4H2S/c1-38(2,3)47-36(45)43-17-7-9-33(43)31-22-29-21-27(15-16-30(29)41-31)24-11-12-26-20-28(14-13-25(26)19-24)32-23-40-35(42-32)34-10-8-18-44(34)37(46)48-39(4,5)6;1-31(2,3)38-30(37)36-16-8-9-29(36)28-20-25-18-23(13-15-27(25)35-28)21-10-11-24-19-26(14-12-22(24)17-21)34-39-32(4,5)33(6,7)40-34;1-13(2,3)18-12(17)16-6-4-5-11(16)10-7-9(14)8-15-10;;;;/h11-16,19-21,23,33-34H,7-10,17-18,22H2,1-6H3,(H,40,42);10-15,17-19,29H,8-9,16,20H2,1-7H3;8,11H,4-7H2,1-3H3;4*1H2/t33-,34-;29-;11-;;;;/m000..../s1. The fourth-order valence-electron chi connectivity index (χ4n) is 15.2. The lowest BCUT2D eigenvalue weighted by Gasteiger charge is -2.32. The van der Waals surface area contributed by atoms with Gasteiger partial charge in [0, 0.05) is 78.8 Å². The minimum absolute atomic E-state index is 0. The van der Waals surface area contributed by atoms with Crippen molar-refractivity contribution >= 4 is 157 Å². The average molecular weight is 1640 g/mol. The van der Waals surface area contributed by atoms with Crippen LogP contribution in [0, 0.1) is 0 Å². The minimum atomic E-state index is -0.538. The molecule has 6 aromatic carbocycles. The number of H-pyrrole nitrogens is 1. The molecule has 5 saturated heterocycles. The van der Waals surface area contributed by atoms with Crippen molar-refractivity contribution in [1.82, 2.24) is 29.6 Å². The molecule has 4 atom stereocenters. The number of allylic oxidation sites excluding steroid dienone is 1. The van der Waals surface area contributed by atoms with Crippen LogP contribution < -0.4 is 5.46 Å². The number of aliphatic imine (C=N–C) groups is 3. The van der Waals surface area contributed by atoms with Crippen LogP contribution in [0.25, 0.3) is 55.1 Å². The fraction of sp³-hybridized carbons (Fsp3) is 0.482. The summed E-state index contributed by atoms with van der Waals surface area (Å²) in [6.45, 7) is 33.9. The molecule has 8 aliphatic heterocycles. The first-order valence-corrected chi connectivity index (χ1v) is 38.6. The first-order chi connectivity index (χ1) is 50.0. The van der Waals surface area contributed by atoms with Crippen molar-refractivity contribution in [2.45, 2.75) is 239 Å². The highest BCUT2D eigenvalue weighted by Gasteiger charge is 2.52. The van der Waals surface area contributed by atoms with E-state index in [0.29, 0.717) is 19.6 Å². The number of aromatic amines is 1. The lowest BCUT2D eigenvalue weighted by Crippen LogP contribution is -2.43. The normalized spacial score (nSPS) is 20.3. The van der Waals surface area contributed by atoms with Gasteiger partial charge in [-0.15, -0.1) is 0 Å². The molecule has 7 aromatic rings. The molecule has 590 valence electrons. The van der Waals surface area contributed by atoms with Gasteiger partial charge >= 0.3 is 31.5 Å². The van der Waals surface area contributed by atoms with Crippen LogP contribution in [-0.2, 0) is 41.1 Å². The Balaban J connectivity index is 0.000000203. The van der Waals surface area contributed by atoms with Crippen molar-refractivity contribution in [1.29, 1.82) is 0 Å². The Morgan fingerprint density at radius 2 is 0.800 bits per heavy atom.